The summed E-state index contributed by atoms with van der Waals surface area (Å²) in [4.78, 5) is 12.7. The molecule has 0 bridgehead atoms. The molecule has 136 valence electrons. The first-order valence-corrected chi connectivity index (χ1v) is 8.61. The van der Waals surface area contributed by atoms with E-state index in [1.807, 2.05) is 24.0 Å². The zero-order valence-electron chi connectivity index (χ0n) is 14.6. The van der Waals surface area contributed by atoms with Crippen molar-refractivity contribution in [1.82, 2.24) is 10.2 Å². The fourth-order valence-electron chi connectivity index (χ4n) is 2.26. The molecule has 0 aromatic heterocycles. The summed E-state index contributed by atoms with van der Waals surface area (Å²) in [5.41, 5.74) is 0. The maximum Gasteiger partial charge on any atom is 0.304 e. The summed E-state index contributed by atoms with van der Waals surface area (Å²) in [6.07, 6.45) is 6.51. The second kappa shape index (κ2) is 14.6. The van der Waals surface area contributed by atoms with Crippen LogP contribution in [0.1, 0.15) is 46.0 Å². The van der Waals surface area contributed by atoms with Gasteiger partial charge >= 0.3 is 5.97 Å². The van der Waals surface area contributed by atoms with Crippen molar-refractivity contribution in [3.63, 3.8) is 0 Å². The molecule has 0 saturated heterocycles. The highest BCUT2D eigenvalue weighted by Gasteiger charge is 2.12. The van der Waals surface area contributed by atoms with Crippen LogP contribution >= 0.6 is 0 Å². The summed E-state index contributed by atoms with van der Waals surface area (Å²) in [5, 5.41) is 31.7. The van der Waals surface area contributed by atoms with Crippen LogP contribution in [0, 0.1) is 0 Å². The van der Waals surface area contributed by atoms with Gasteiger partial charge in [-0.05, 0) is 19.8 Å². The number of hydrogen-bond acceptors (Lipinski definition) is 5. The number of carbonyl (C=O) groups is 1. The summed E-state index contributed by atoms with van der Waals surface area (Å²) in [6.45, 7) is 6.75. The van der Waals surface area contributed by atoms with E-state index in [2.05, 4.69) is 12.2 Å². The molecule has 0 heterocycles. The Morgan fingerprint density at radius 1 is 1.26 bits per heavy atom. The Balaban J connectivity index is 4.06. The summed E-state index contributed by atoms with van der Waals surface area (Å²) in [5.74, 6) is -0.833. The van der Waals surface area contributed by atoms with Gasteiger partial charge < -0.3 is 20.6 Å². The number of nitrogens with zero attached hydrogens (tertiary/aromatic N) is 1. The molecule has 0 spiro atoms. The van der Waals surface area contributed by atoms with Crippen molar-refractivity contribution >= 4 is 5.97 Å². The number of aliphatic hydroxyl groups excluding tert-OH is 2. The van der Waals surface area contributed by atoms with E-state index in [9.17, 15) is 15.0 Å². The predicted molar refractivity (Wildman–Crippen MR) is 92.5 cm³/mol. The molecule has 0 amide bonds. The average molecular weight is 330 g/mol. The number of carboxylic acid groups (broad SMARTS) is 1. The van der Waals surface area contributed by atoms with Gasteiger partial charge in [-0.15, -0.1) is 0 Å². The monoisotopic (exact) mass is 330 g/mol. The number of hydrogen-bond donors (Lipinski definition) is 4. The molecule has 0 aromatic carbocycles. The number of nitrogens with one attached hydrogen (secondary N) is 1. The van der Waals surface area contributed by atoms with Crippen LogP contribution < -0.4 is 5.32 Å². The van der Waals surface area contributed by atoms with Crippen molar-refractivity contribution in [3.05, 3.63) is 12.2 Å². The molecule has 2 atom stereocenters. The number of allylic oxidation sites excluding steroid dienone is 1. The first-order valence-electron chi connectivity index (χ1n) is 8.61. The van der Waals surface area contributed by atoms with Crippen LogP contribution in [-0.4, -0.2) is 71.1 Å². The molecular formula is C17H34N2O4. The maximum absolute atomic E-state index is 10.7. The minimum Gasteiger partial charge on any atom is -0.481 e. The smallest absolute Gasteiger partial charge is 0.304 e. The predicted octanol–water partition coefficient (Wildman–Crippen LogP) is 1.23. The molecule has 23 heavy (non-hydrogen) atoms. The van der Waals surface area contributed by atoms with Crippen molar-refractivity contribution in [2.45, 2.75) is 58.2 Å². The molecule has 6 nitrogen and oxygen atoms in total. The Hall–Kier alpha value is -0.950. The number of aliphatic hydroxyl groups is 2. The Labute approximate surface area is 140 Å². The van der Waals surface area contributed by atoms with E-state index in [-0.39, 0.29) is 12.5 Å². The van der Waals surface area contributed by atoms with Gasteiger partial charge in [-0.3, -0.25) is 9.69 Å². The molecule has 0 radical (unpaired) electrons. The lowest BCUT2D eigenvalue weighted by Gasteiger charge is -2.24. The molecular weight excluding hydrogens is 296 g/mol. The van der Waals surface area contributed by atoms with Crippen LogP contribution in [0.2, 0.25) is 0 Å². The highest BCUT2D eigenvalue weighted by Crippen LogP contribution is 2.01. The minimum atomic E-state index is -0.833. The number of carboxylic acids is 1. The van der Waals surface area contributed by atoms with Gasteiger partial charge in [0.05, 0.1) is 18.6 Å². The van der Waals surface area contributed by atoms with Crippen LogP contribution in [0.4, 0.5) is 0 Å². The first-order chi connectivity index (χ1) is 11.0. The first kappa shape index (κ1) is 22.1. The second-order valence-electron chi connectivity index (χ2n) is 5.90. The van der Waals surface area contributed by atoms with Crippen molar-refractivity contribution in [3.8, 4) is 0 Å². The summed E-state index contributed by atoms with van der Waals surface area (Å²) in [7, 11) is 0. The second-order valence-corrected chi connectivity index (χ2v) is 5.90. The molecule has 0 fully saturated rings. The third kappa shape index (κ3) is 14.4. The van der Waals surface area contributed by atoms with Crippen LogP contribution in [0.5, 0.6) is 0 Å². The number of unbranched alkanes of at least 4 members (excludes halogenated alkanes) is 1. The molecule has 0 aliphatic heterocycles. The fourth-order valence-corrected chi connectivity index (χ4v) is 2.26. The van der Waals surface area contributed by atoms with Crippen LogP contribution in [-0.2, 0) is 4.79 Å². The largest absolute Gasteiger partial charge is 0.481 e. The van der Waals surface area contributed by atoms with Crippen LogP contribution in [0.3, 0.4) is 0 Å². The third-order valence-electron chi connectivity index (χ3n) is 3.63. The average Bonchev–Trinajstić information content (AvgIpc) is 2.52. The van der Waals surface area contributed by atoms with E-state index in [0.717, 1.165) is 19.3 Å². The summed E-state index contributed by atoms with van der Waals surface area (Å²) >= 11 is 0. The Bertz CT molecular complexity index is 324. The van der Waals surface area contributed by atoms with Crippen molar-refractivity contribution in [2.24, 2.45) is 0 Å². The normalized spacial score (nSPS) is 14.5. The Morgan fingerprint density at radius 3 is 2.61 bits per heavy atom. The maximum atomic E-state index is 10.7. The quantitative estimate of drug-likeness (QED) is 0.267. The standard InChI is InChI=1S/C17H34N2O4/c1-3-5-7-15(20)13-18-10-12-19(11-9-17(22)23)14-16(21)8-6-4-2/h4,6,15-16,18,20-21H,3,5,7-14H2,1-2H3,(H,22,23)/b6-4+. The van der Waals surface area contributed by atoms with Crippen LogP contribution in [0.15, 0.2) is 12.2 Å². The third-order valence-corrected chi connectivity index (χ3v) is 3.63. The lowest BCUT2D eigenvalue weighted by molar-refractivity contribution is -0.137. The lowest BCUT2D eigenvalue weighted by Crippen LogP contribution is -2.40. The van der Waals surface area contributed by atoms with Gasteiger partial charge in [0.1, 0.15) is 0 Å². The van der Waals surface area contributed by atoms with E-state index in [1.165, 1.54) is 0 Å². The van der Waals surface area contributed by atoms with E-state index in [4.69, 9.17) is 5.11 Å². The molecule has 6 heteroatoms. The van der Waals surface area contributed by atoms with Gasteiger partial charge in [0.2, 0.25) is 0 Å². The molecule has 0 saturated carbocycles. The minimum absolute atomic E-state index is 0.0649. The van der Waals surface area contributed by atoms with Gasteiger partial charge in [0.25, 0.3) is 0 Å². The van der Waals surface area contributed by atoms with Gasteiger partial charge in [0.15, 0.2) is 0 Å². The van der Waals surface area contributed by atoms with Gasteiger partial charge in [-0.1, -0.05) is 31.9 Å². The molecule has 0 aliphatic rings. The van der Waals surface area contributed by atoms with Crippen molar-refractivity contribution in [2.75, 3.05) is 32.7 Å². The van der Waals surface area contributed by atoms with Gasteiger partial charge in [-0.25, -0.2) is 0 Å². The van der Waals surface area contributed by atoms with Gasteiger partial charge in [-0.2, -0.15) is 0 Å². The zero-order valence-corrected chi connectivity index (χ0v) is 14.6. The lowest BCUT2D eigenvalue weighted by atomic mass is 10.1. The van der Waals surface area contributed by atoms with E-state index in [0.29, 0.717) is 39.1 Å². The van der Waals surface area contributed by atoms with E-state index in [1.54, 1.807) is 0 Å². The Morgan fingerprint density at radius 2 is 2.00 bits per heavy atom. The number of rotatable bonds is 15. The zero-order chi connectivity index (χ0) is 17.5. The van der Waals surface area contributed by atoms with Crippen molar-refractivity contribution in [1.29, 1.82) is 0 Å². The number of aliphatic carboxylic acids is 1. The topological polar surface area (TPSA) is 93.0 Å². The highest BCUT2D eigenvalue weighted by atomic mass is 16.4. The Kier molecular flexibility index (Phi) is 14.0. The molecule has 4 N–H and O–H groups in total. The highest BCUT2D eigenvalue weighted by molar-refractivity contribution is 5.66. The van der Waals surface area contributed by atoms with E-state index >= 15 is 0 Å². The van der Waals surface area contributed by atoms with Gasteiger partial charge in [0, 0.05) is 32.7 Å². The molecule has 0 aliphatic carbocycles. The SMILES string of the molecule is C/C=C/CC(O)CN(CCNCC(O)CCCC)CCC(=O)O. The summed E-state index contributed by atoms with van der Waals surface area (Å²) < 4.78 is 0. The summed E-state index contributed by atoms with van der Waals surface area (Å²) in [6, 6.07) is 0. The van der Waals surface area contributed by atoms with Crippen molar-refractivity contribution < 1.29 is 20.1 Å². The van der Waals surface area contributed by atoms with Crippen LogP contribution in [0.25, 0.3) is 0 Å². The molecule has 0 rings (SSSR count). The molecule has 2 unspecified atom stereocenters. The molecule has 0 aromatic rings. The fraction of sp³-hybridized carbons (Fsp3) is 0.824. The van der Waals surface area contributed by atoms with E-state index < -0.39 is 12.1 Å².